The molecule has 0 unspecified atom stereocenters. The molecule has 2 aliphatic rings. The lowest BCUT2D eigenvalue weighted by atomic mass is 9.94. The van der Waals surface area contributed by atoms with E-state index in [1.165, 1.54) is 75.9 Å². The predicted molar refractivity (Wildman–Crippen MR) is 372 cm³/mol. The van der Waals surface area contributed by atoms with Crippen molar-refractivity contribution >= 4 is 70.9 Å². The van der Waals surface area contributed by atoms with E-state index in [1.54, 1.807) is 107 Å². The van der Waals surface area contributed by atoms with Gasteiger partial charge in [0, 0.05) is 75.3 Å². The normalized spacial score (nSPS) is 25.0. The van der Waals surface area contributed by atoms with Crippen LogP contribution in [0.4, 0.5) is 0 Å². The molecule has 2 heterocycles. The molecule has 0 bridgehead atoms. The maximum atomic E-state index is 15.3. The molecule has 5 N–H and O–H groups in total. The van der Waals surface area contributed by atoms with E-state index in [9.17, 15) is 43.5 Å². The maximum absolute atomic E-state index is 15.3. The highest BCUT2D eigenvalue weighted by molar-refractivity contribution is 6.00. The monoisotopic (exact) mass is 1370 g/mol. The van der Waals surface area contributed by atoms with E-state index in [0.29, 0.717) is 43.5 Å². The van der Waals surface area contributed by atoms with Gasteiger partial charge >= 0.3 is 0 Å². The average molecular weight is 1370 g/mol. The van der Waals surface area contributed by atoms with Crippen LogP contribution in [0.15, 0.2) is 60.7 Å². The largest absolute Gasteiger partial charge is 0.391 e. The minimum atomic E-state index is -1.66. The standard InChI is InChI=1S/C72H114N12O14/c1-20-47(8)60-71(97)82(18)54(37-45(4)5)64(90)76-61(48(9)85)70(96)78(14)42-59(88)80(16)56(39-50-32-26-22-27-33-50)69(95)81(17)53(36-44(2)3)63(89)74-52(43-98-72(10,11)12)67(93)83(19)62(46(6)7)66(92)73-51(68(94)84-34-28-23-29-35-84)40-57(86)77(13)41-58(87)79(15)55(65(91)75-60)38-49-30-24-21-25-31-49/h21-22,24-27,30-33,44-48,51-56,60-62,85H,20,23,28-29,34-43H2,1-19H3,(H,73,92)(H,74,89)(H,75,91)(H,76,90)/t47-,48+,51-,52-,53-,54-,55-,56-,60-,61-,62-/m0/s1. The number of carbonyl (C=O) groups excluding carboxylic acids is 12. The quantitative estimate of drug-likeness (QED) is 0.171. The molecule has 2 saturated heterocycles. The zero-order valence-corrected chi connectivity index (χ0v) is 61.6. The zero-order valence-electron chi connectivity index (χ0n) is 61.6. The topological polar surface area (TPSA) is 308 Å². The summed E-state index contributed by atoms with van der Waals surface area (Å²) in [7, 11) is 9.63. The molecule has 0 spiro atoms. The summed E-state index contributed by atoms with van der Waals surface area (Å²) in [5.74, 6) is -10.5. The molecule has 2 aliphatic heterocycles. The van der Waals surface area contributed by atoms with E-state index >= 15 is 19.2 Å². The Bertz CT molecular complexity index is 3050. The van der Waals surface area contributed by atoms with Crippen molar-refractivity contribution in [1.29, 1.82) is 0 Å². The van der Waals surface area contributed by atoms with Crippen LogP contribution in [0.1, 0.15) is 139 Å². The summed E-state index contributed by atoms with van der Waals surface area (Å²) in [6.07, 6.45) is 0.434. The van der Waals surface area contributed by atoms with Crippen LogP contribution in [0.2, 0.25) is 0 Å². The van der Waals surface area contributed by atoms with Gasteiger partial charge in [-0.25, -0.2) is 0 Å². The van der Waals surface area contributed by atoms with Crippen molar-refractivity contribution in [2.45, 2.75) is 207 Å². The van der Waals surface area contributed by atoms with Crippen LogP contribution in [-0.2, 0) is 75.1 Å². The van der Waals surface area contributed by atoms with Gasteiger partial charge in [0.15, 0.2) is 0 Å². The van der Waals surface area contributed by atoms with Crippen molar-refractivity contribution < 1.29 is 67.4 Å². The first-order chi connectivity index (χ1) is 45.8. The van der Waals surface area contributed by atoms with E-state index in [4.69, 9.17) is 4.74 Å². The number of aliphatic hydroxyl groups excluding tert-OH is 1. The van der Waals surface area contributed by atoms with Crippen molar-refractivity contribution in [3.8, 4) is 0 Å². The van der Waals surface area contributed by atoms with Gasteiger partial charge in [-0.2, -0.15) is 0 Å². The second-order valence-corrected chi connectivity index (χ2v) is 28.9. The summed E-state index contributed by atoms with van der Waals surface area (Å²) in [4.78, 5) is 188. The minimum Gasteiger partial charge on any atom is -0.391 e. The van der Waals surface area contributed by atoms with E-state index in [0.717, 1.165) is 21.1 Å². The first-order valence-electron chi connectivity index (χ1n) is 34.5. The highest BCUT2D eigenvalue weighted by Gasteiger charge is 2.44. The fourth-order valence-electron chi connectivity index (χ4n) is 12.2. The number of hydrogen-bond acceptors (Lipinski definition) is 14. The van der Waals surface area contributed by atoms with Crippen molar-refractivity contribution in [2.75, 3.05) is 82.1 Å². The smallest absolute Gasteiger partial charge is 0.248 e. The van der Waals surface area contributed by atoms with E-state index in [2.05, 4.69) is 21.3 Å². The zero-order chi connectivity index (χ0) is 73.8. The van der Waals surface area contributed by atoms with Gasteiger partial charge in [-0.1, -0.05) is 122 Å². The van der Waals surface area contributed by atoms with E-state index in [-0.39, 0.29) is 37.5 Å². The summed E-state index contributed by atoms with van der Waals surface area (Å²) in [6, 6.07) is 5.30. The fourth-order valence-corrected chi connectivity index (χ4v) is 12.2. The Morgan fingerprint density at radius 1 is 0.520 bits per heavy atom. The van der Waals surface area contributed by atoms with Gasteiger partial charge in [0.1, 0.15) is 54.4 Å². The second kappa shape index (κ2) is 37.8. The molecule has 98 heavy (non-hydrogen) atoms. The van der Waals surface area contributed by atoms with Gasteiger partial charge < -0.3 is 70.3 Å². The number of aliphatic hydroxyl groups is 1. The molecular formula is C72H114N12O14. The highest BCUT2D eigenvalue weighted by Crippen LogP contribution is 2.23. The molecule has 12 amide bonds. The molecule has 4 rings (SSSR count). The molecule has 26 nitrogen and oxygen atoms in total. The van der Waals surface area contributed by atoms with Crippen molar-refractivity contribution in [3.05, 3.63) is 71.8 Å². The number of nitrogens with one attached hydrogen (secondary N) is 4. The van der Waals surface area contributed by atoms with Gasteiger partial charge in [0.2, 0.25) is 70.9 Å². The second-order valence-electron chi connectivity index (χ2n) is 28.9. The molecule has 546 valence electrons. The number of amides is 12. The Labute approximate surface area is 580 Å². The molecule has 2 fully saturated rings. The van der Waals surface area contributed by atoms with E-state index in [1.807, 2.05) is 34.6 Å². The average Bonchev–Trinajstić information content (AvgIpc) is 0.824. The highest BCUT2D eigenvalue weighted by atomic mass is 16.5. The molecule has 0 saturated carbocycles. The third kappa shape index (κ3) is 23.6. The Kier molecular flexibility index (Phi) is 31.8. The Morgan fingerprint density at radius 2 is 0.980 bits per heavy atom. The molecule has 0 aliphatic carbocycles. The number of piperidine rings is 1. The Balaban J connectivity index is 1.95. The van der Waals surface area contributed by atoms with Crippen LogP contribution in [0.3, 0.4) is 0 Å². The lowest BCUT2D eigenvalue weighted by molar-refractivity contribution is -0.151. The van der Waals surface area contributed by atoms with E-state index < -0.39 is 175 Å². The van der Waals surface area contributed by atoms with Gasteiger partial charge in [0.05, 0.1) is 37.8 Å². The van der Waals surface area contributed by atoms with Gasteiger partial charge in [-0.15, -0.1) is 0 Å². The van der Waals surface area contributed by atoms with Crippen LogP contribution in [0, 0.1) is 23.7 Å². The van der Waals surface area contributed by atoms with Crippen molar-refractivity contribution in [1.82, 2.24) is 60.5 Å². The fraction of sp³-hybridized carbons (Fsp3) is 0.667. The number of benzene rings is 2. The Morgan fingerprint density at radius 3 is 1.46 bits per heavy atom. The van der Waals surface area contributed by atoms with Gasteiger partial charge in [-0.05, 0) is 94.6 Å². The summed E-state index contributed by atoms with van der Waals surface area (Å²) >= 11 is 0. The molecule has 26 heteroatoms. The van der Waals surface area contributed by atoms with Crippen LogP contribution in [0.25, 0.3) is 0 Å². The summed E-state index contributed by atoms with van der Waals surface area (Å²) < 4.78 is 6.17. The SMILES string of the molecule is CC[C@H](C)[C@@H]1NC(=O)[C@H](Cc2ccccc2)N(C)C(=O)CN(C)C(=O)C[C@@H](C(=O)N2CCCCC2)NC(=O)[C@H](C(C)C)N(C)C(=O)[C@H](COC(C)(C)C)NC(=O)[C@H](CC(C)C)N(C)C(=O)[C@H](Cc2ccccc2)N(C)C(=O)CN(C)C(=O)[C@H]([C@@H](C)O)NC(=O)[C@H](CC(C)C)N(C)C1=O. The lowest BCUT2D eigenvalue weighted by Crippen LogP contribution is -2.62. The first kappa shape index (κ1) is 82.4. The molecule has 0 aromatic heterocycles. The number of carbonyl (C=O) groups is 12. The maximum Gasteiger partial charge on any atom is 0.248 e. The lowest BCUT2D eigenvalue weighted by Gasteiger charge is -2.38. The molecule has 2 aromatic carbocycles. The third-order valence-electron chi connectivity index (χ3n) is 18.5. The van der Waals surface area contributed by atoms with Crippen molar-refractivity contribution in [3.63, 3.8) is 0 Å². The van der Waals surface area contributed by atoms with Gasteiger partial charge in [0.25, 0.3) is 0 Å². The van der Waals surface area contributed by atoms with Crippen molar-refractivity contribution in [2.24, 2.45) is 23.7 Å². The number of hydrogen-bond donors (Lipinski definition) is 5. The van der Waals surface area contributed by atoms with Gasteiger partial charge in [-0.3, -0.25) is 57.5 Å². The molecular weight excluding hydrogens is 1260 g/mol. The number of likely N-dealkylation sites (tertiary alicyclic amines) is 1. The predicted octanol–water partition coefficient (Wildman–Crippen LogP) is 2.87. The van der Waals surface area contributed by atoms with Crippen LogP contribution < -0.4 is 21.3 Å². The third-order valence-corrected chi connectivity index (χ3v) is 18.5. The number of ether oxygens (including phenoxy) is 1. The molecule has 2 aromatic rings. The number of rotatable bonds is 15. The number of nitrogens with zero attached hydrogens (tertiary/aromatic N) is 8. The molecule has 11 atom stereocenters. The van der Waals surface area contributed by atoms with Crippen LogP contribution in [0.5, 0.6) is 0 Å². The molecule has 0 radical (unpaired) electrons. The van der Waals surface area contributed by atoms with Crippen LogP contribution >= 0.6 is 0 Å². The first-order valence-corrected chi connectivity index (χ1v) is 34.5. The summed E-state index contributed by atoms with van der Waals surface area (Å²) in [5.41, 5.74) is 0.440. The Hall–Kier alpha value is -8.00. The van der Waals surface area contributed by atoms with Crippen LogP contribution in [-0.4, -0.2) is 263 Å². The minimum absolute atomic E-state index is 0.0428. The summed E-state index contributed by atoms with van der Waals surface area (Å²) in [5, 5.41) is 22.5. The number of likely N-dealkylation sites (N-methyl/N-ethyl adjacent to an activating group) is 7. The summed E-state index contributed by atoms with van der Waals surface area (Å²) in [6.45, 7) is 19.9.